The SMILES string of the molecule is C=Cc1ccc(Cc2ccc(CO)c([C@@H]3O[C@H](CO)[C@@H](O)[C@H](O)[C@H]3O)c2)cc1. The quantitative estimate of drug-likeness (QED) is 0.505. The van der Waals surface area contributed by atoms with Gasteiger partial charge in [-0.1, -0.05) is 55.1 Å². The summed E-state index contributed by atoms with van der Waals surface area (Å²) >= 11 is 0. The first-order valence-electron chi connectivity index (χ1n) is 9.23. The Labute approximate surface area is 164 Å². The molecule has 0 aliphatic carbocycles. The summed E-state index contributed by atoms with van der Waals surface area (Å²) in [4.78, 5) is 0. The molecule has 0 saturated carbocycles. The highest BCUT2D eigenvalue weighted by Gasteiger charge is 2.44. The van der Waals surface area contributed by atoms with Crippen molar-refractivity contribution in [2.75, 3.05) is 6.61 Å². The lowest BCUT2D eigenvalue weighted by molar-refractivity contribution is -0.232. The van der Waals surface area contributed by atoms with Gasteiger partial charge in [-0.05, 0) is 34.2 Å². The van der Waals surface area contributed by atoms with Crippen molar-refractivity contribution in [2.45, 2.75) is 43.5 Å². The summed E-state index contributed by atoms with van der Waals surface area (Å²) in [5.41, 5.74) is 4.13. The number of rotatable bonds is 6. The molecule has 0 bridgehead atoms. The predicted octanol–water partition coefficient (Wildman–Crippen LogP) is 0.928. The molecule has 0 spiro atoms. The normalized spacial score (nSPS) is 27.5. The molecule has 6 nitrogen and oxygen atoms in total. The average molecular weight is 386 g/mol. The Kier molecular flexibility index (Phi) is 6.61. The van der Waals surface area contributed by atoms with Crippen molar-refractivity contribution >= 4 is 6.08 Å². The minimum absolute atomic E-state index is 0.265. The van der Waals surface area contributed by atoms with Crippen LogP contribution in [0.1, 0.15) is 33.9 Å². The van der Waals surface area contributed by atoms with E-state index >= 15 is 0 Å². The maximum absolute atomic E-state index is 10.4. The topological polar surface area (TPSA) is 110 Å². The van der Waals surface area contributed by atoms with Crippen molar-refractivity contribution in [3.05, 3.63) is 76.9 Å². The van der Waals surface area contributed by atoms with Gasteiger partial charge in [0.15, 0.2) is 0 Å². The number of benzene rings is 2. The number of hydrogen-bond acceptors (Lipinski definition) is 6. The molecule has 0 aromatic heterocycles. The fourth-order valence-electron chi connectivity index (χ4n) is 3.53. The van der Waals surface area contributed by atoms with Gasteiger partial charge < -0.3 is 30.3 Å². The van der Waals surface area contributed by atoms with E-state index in [2.05, 4.69) is 6.58 Å². The van der Waals surface area contributed by atoms with E-state index < -0.39 is 37.1 Å². The maximum Gasteiger partial charge on any atom is 0.113 e. The van der Waals surface area contributed by atoms with Gasteiger partial charge in [-0.3, -0.25) is 0 Å². The molecule has 28 heavy (non-hydrogen) atoms. The minimum Gasteiger partial charge on any atom is -0.394 e. The van der Waals surface area contributed by atoms with E-state index in [0.717, 1.165) is 16.7 Å². The van der Waals surface area contributed by atoms with Gasteiger partial charge in [0, 0.05) is 0 Å². The van der Waals surface area contributed by atoms with Gasteiger partial charge in [0.05, 0.1) is 13.2 Å². The summed E-state index contributed by atoms with van der Waals surface area (Å²) in [5.74, 6) is 0. The van der Waals surface area contributed by atoms with Crippen LogP contribution in [-0.2, 0) is 17.8 Å². The summed E-state index contributed by atoms with van der Waals surface area (Å²) in [5, 5.41) is 49.6. The fraction of sp³-hybridized carbons (Fsp3) is 0.364. The standard InChI is InChI=1S/C22H26O6/c1-2-13-3-5-14(6-4-13)9-15-7-8-16(11-23)17(10-15)22-21(27)20(26)19(25)18(12-24)28-22/h2-8,10,18-27H,1,9,11-12H2/t18-,19-,20+,21-,22+/m1/s1. The molecule has 150 valence electrons. The van der Waals surface area contributed by atoms with Crippen LogP contribution in [0.25, 0.3) is 6.08 Å². The van der Waals surface area contributed by atoms with Crippen LogP contribution in [0.3, 0.4) is 0 Å². The largest absolute Gasteiger partial charge is 0.394 e. The van der Waals surface area contributed by atoms with Crippen LogP contribution in [0, 0.1) is 0 Å². The Hall–Kier alpha value is -2.06. The van der Waals surface area contributed by atoms with Crippen LogP contribution in [0.5, 0.6) is 0 Å². The number of hydrogen-bond donors (Lipinski definition) is 5. The molecule has 1 aliphatic heterocycles. The van der Waals surface area contributed by atoms with Crippen LogP contribution >= 0.6 is 0 Å². The third-order valence-electron chi connectivity index (χ3n) is 5.20. The van der Waals surface area contributed by atoms with E-state index in [-0.39, 0.29) is 6.61 Å². The molecule has 0 radical (unpaired) electrons. The second-order valence-electron chi connectivity index (χ2n) is 7.06. The van der Waals surface area contributed by atoms with Gasteiger partial charge in [0.1, 0.15) is 30.5 Å². The fourth-order valence-corrected chi connectivity index (χ4v) is 3.53. The summed E-state index contributed by atoms with van der Waals surface area (Å²) in [6, 6.07) is 13.4. The van der Waals surface area contributed by atoms with Crippen LogP contribution in [0.4, 0.5) is 0 Å². The molecule has 2 aromatic rings. The van der Waals surface area contributed by atoms with E-state index in [1.807, 2.05) is 36.4 Å². The van der Waals surface area contributed by atoms with Crippen LogP contribution in [-0.4, -0.2) is 56.6 Å². The Balaban J connectivity index is 1.90. The van der Waals surface area contributed by atoms with E-state index in [0.29, 0.717) is 17.5 Å². The van der Waals surface area contributed by atoms with Crippen molar-refractivity contribution < 1.29 is 30.3 Å². The Morgan fingerprint density at radius 3 is 2.18 bits per heavy atom. The van der Waals surface area contributed by atoms with Crippen molar-refractivity contribution in [1.82, 2.24) is 0 Å². The molecule has 5 atom stereocenters. The van der Waals surface area contributed by atoms with Gasteiger partial charge in [-0.15, -0.1) is 0 Å². The summed E-state index contributed by atoms with van der Waals surface area (Å²) in [6.07, 6.45) is -3.82. The third kappa shape index (κ3) is 4.17. The van der Waals surface area contributed by atoms with E-state index in [4.69, 9.17) is 4.74 Å². The highest BCUT2D eigenvalue weighted by molar-refractivity contribution is 5.47. The van der Waals surface area contributed by atoms with E-state index in [1.54, 1.807) is 12.1 Å². The molecule has 3 rings (SSSR count). The zero-order valence-electron chi connectivity index (χ0n) is 15.5. The summed E-state index contributed by atoms with van der Waals surface area (Å²) in [7, 11) is 0. The smallest absolute Gasteiger partial charge is 0.113 e. The molecule has 1 aliphatic rings. The molecular weight excluding hydrogens is 360 g/mol. The Morgan fingerprint density at radius 2 is 1.57 bits per heavy atom. The van der Waals surface area contributed by atoms with Crippen molar-refractivity contribution in [3.8, 4) is 0 Å². The average Bonchev–Trinajstić information content (AvgIpc) is 2.73. The number of aliphatic hydroxyl groups is 5. The minimum atomic E-state index is -1.46. The molecule has 1 fully saturated rings. The lowest BCUT2D eigenvalue weighted by Crippen LogP contribution is -2.55. The Morgan fingerprint density at radius 1 is 0.893 bits per heavy atom. The summed E-state index contributed by atoms with van der Waals surface area (Å²) < 4.78 is 5.66. The van der Waals surface area contributed by atoms with Crippen molar-refractivity contribution in [1.29, 1.82) is 0 Å². The van der Waals surface area contributed by atoms with E-state index in [9.17, 15) is 25.5 Å². The van der Waals surface area contributed by atoms with E-state index in [1.165, 1.54) is 0 Å². The zero-order valence-corrected chi connectivity index (χ0v) is 15.5. The van der Waals surface area contributed by atoms with Gasteiger partial charge in [0.25, 0.3) is 0 Å². The van der Waals surface area contributed by atoms with Crippen molar-refractivity contribution in [2.24, 2.45) is 0 Å². The third-order valence-corrected chi connectivity index (χ3v) is 5.20. The number of ether oxygens (including phenoxy) is 1. The van der Waals surface area contributed by atoms with Crippen molar-refractivity contribution in [3.63, 3.8) is 0 Å². The lowest BCUT2D eigenvalue weighted by Gasteiger charge is -2.40. The zero-order chi connectivity index (χ0) is 20.3. The second kappa shape index (κ2) is 8.96. The molecule has 6 heteroatoms. The molecule has 2 aromatic carbocycles. The molecular formula is C22H26O6. The monoisotopic (exact) mass is 386 g/mol. The second-order valence-corrected chi connectivity index (χ2v) is 7.06. The molecule has 0 unspecified atom stereocenters. The highest BCUT2D eigenvalue weighted by atomic mass is 16.5. The van der Waals surface area contributed by atoms with Gasteiger partial charge in [-0.25, -0.2) is 0 Å². The first-order chi connectivity index (χ1) is 13.5. The van der Waals surface area contributed by atoms with Crippen LogP contribution in [0.15, 0.2) is 49.0 Å². The lowest BCUT2D eigenvalue weighted by atomic mass is 9.88. The first-order valence-corrected chi connectivity index (χ1v) is 9.23. The molecule has 1 heterocycles. The van der Waals surface area contributed by atoms with Gasteiger partial charge in [-0.2, -0.15) is 0 Å². The first kappa shape index (κ1) is 20.7. The summed E-state index contributed by atoms with van der Waals surface area (Å²) in [6.45, 7) is 2.98. The van der Waals surface area contributed by atoms with Crippen LogP contribution in [0.2, 0.25) is 0 Å². The number of aliphatic hydroxyl groups excluding tert-OH is 5. The van der Waals surface area contributed by atoms with Gasteiger partial charge in [0.2, 0.25) is 0 Å². The van der Waals surface area contributed by atoms with Gasteiger partial charge >= 0.3 is 0 Å². The predicted molar refractivity (Wildman–Crippen MR) is 104 cm³/mol. The molecule has 5 N–H and O–H groups in total. The molecule has 0 amide bonds. The molecule has 1 saturated heterocycles. The highest BCUT2D eigenvalue weighted by Crippen LogP contribution is 2.35. The van der Waals surface area contributed by atoms with Crippen LogP contribution < -0.4 is 0 Å². The Bertz CT molecular complexity index is 801. The maximum atomic E-state index is 10.4.